The number of benzene rings is 2. The van der Waals surface area contributed by atoms with Gasteiger partial charge in [-0.3, -0.25) is 4.79 Å². The van der Waals surface area contributed by atoms with Gasteiger partial charge in [0, 0.05) is 6.42 Å². The highest BCUT2D eigenvalue weighted by Gasteiger charge is 2.28. The Bertz CT molecular complexity index is 1090. The molecular weight excluding hydrogens is 404 g/mol. The summed E-state index contributed by atoms with van der Waals surface area (Å²) in [7, 11) is 0. The molecule has 1 amide bonds. The van der Waals surface area contributed by atoms with Crippen molar-refractivity contribution in [3.8, 4) is 11.5 Å². The van der Waals surface area contributed by atoms with Crippen LogP contribution in [0.2, 0.25) is 0 Å². The van der Waals surface area contributed by atoms with Crippen LogP contribution >= 0.6 is 11.8 Å². The van der Waals surface area contributed by atoms with Gasteiger partial charge in [0.2, 0.25) is 6.10 Å². The third-order valence-corrected chi connectivity index (χ3v) is 5.53. The number of thioether (sulfide) groups is 1. The Morgan fingerprint density at radius 1 is 1.07 bits per heavy atom. The van der Waals surface area contributed by atoms with Crippen molar-refractivity contribution in [2.75, 3.05) is 18.9 Å². The Balaban J connectivity index is 1.18. The van der Waals surface area contributed by atoms with Crippen molar-refractivity contribution in [2.45, 2.75) is 17.7 Å². The topological polar surface area (TPSA) is 90.0 Å². The summed E-state index contributed by atoms with van der Waals surface area (Å²) in [5.41, 5.74) is 1.96. The zero-order chi connectivity index (χ0) is 20.3. The molecule has 5 rings (SSSR count). The molecule has 3 heterocycles. The molecule has 0 aliphatic carbocycles. The maximum absolute atomic E-state index is 12.5. The molecule has 9 heteroatoms. The smallest absolute Gasteiger partial charge is 0.277 e. The molecule has 8 nitrogen and oxygen atoms in total. The van der Waals surface area contributed by atoms with Crippen LogP contribution in [0.1, 0.15) is 24.0 Å². The molecule has 0 spiro atoms. The van der Waals surface area contributed by atoms with Crippen LogP contribution in [0.5, 0.6) is 11.5 Å². The van der Waals surface area contributed by atoms with Crippen molar-refractivity contribution < 1.29 is 18.7 Å². The summed E-state index contributed by atoms with van der Waals surface area (Å²) in [6.45, 7) is 0.859. The van der Waals surface area contributed by atoms with E-state index in [0.29, 0.717) is 29.2 Å². The summed E-state index contributed by atoms with van der Waals surface area (Å²) >= 11 is 1.19. The zero-order valence-corrected chi connectivity index (χ0v) is 16.7. The minimum absolute atomic E-state index is 0.100. The van der Waals surface area contributed by atoms with E-state index in [0.717, 1.165) is 17.7 Å². The number of hydrazone groups is 1. The largest absolute Gasteiger partial charge is 0.485 e. The Morgan fingerprint density at radius 3 is 2.73 bits per heavy atom. The number of hydrogen-bond donors (Lipinski definition) is 0. The molecule has 2 aliphatic rings. The van der Waals surface area contributed by atoms with Crippen molar-refractivity contribution in [1.82, 2.24) is 15.2 Å². The molecule has 1 atom stereocenters. The second-order valence-electron chi connectivity index (χ2n) is 6.74. The molecule has 0 bridgehead atoms. The fourth-order valence-corrected chi connectivity index (χ4v) is 3.86. The quantitative estimate of drug-likeness (QED) is 0.583. The first kappa shape index (κ1) is 18.7. The van der Waals surface area contributed by atoms with E-state index in [4.69, 9.17) is 13.9 Å². The maximum Gasteiger partial charge on any atom is 0.277 e. The van der Waals surface area contributed by atoms with Gasteiger partial charge >= 0.3 is 0 Å². The lowest BCUT2D eigenvalue weighted by Crippen LogP contribution is -2.25. The van der Waals surface area contributed by atoms with Crippen LogP contribution in [-0.2, 0) is 4.79 Å². The number of rotatable bonds is 5. The molecular formula is C21H18N4O4S. The third-order valence-electron chi connectivity index (χ3n) is 4.72. The summed E-state index contributed by atoms with van der Waals surface area (Å²) in [5.74, 6) is 1.71. The molecule has 0 N–H and O–H groups in total. The molecule has 0 fully saturated rings. The molecule has 30 heavy (non-hydrogen) atoms. The molecule has 2 aromatic carbocycles. The van der Waals surface area contributed by atoms with Gasteiger partial charge in [-0.25, -0.2) is 5.01 Å². The summed E-state index contributed by atoms with van der Waals surface area (Å²) in [6.07, 6.45) is 0.264. The van der Waals surface area contributed by atoms with Gasteiger partial charge in [0.15, 0.2) is 11.5 Å². The van der Waals surface area contributed by atoms with Crippen molar-refractivity contribution in [3.05, 3.63) is 66.1 Å². The number of hydrogen-bond acceptors (Lipinski definition) is 8. The maximum atomic E-state index is 12.5. The molecule has 0 saturated heterocycles. The lowest BCUT2D eigenvalue weighted by molar-refractivity contribution is -0.127. The fourth-order valence-electron chi connectivity index (χ4n) is 3.22. The van der Waals surface area contributed by atoms with E-state index < -0.39 is 6.10 Å². The fraction of sp³-hybridized carbons (Fsp3) is 0.238. The minimum atomic E-state index is -0.478. The lowest BCUT2D eigenvalue weighted by Gasteiger charge is -2.23. The second kappa shape index (κ2) is 8.19. The molecule has 2 aliphatic heterocycles. The Hall–Kier alpha value is -3.33. The number of para-hydroxylation sites is 2. The molecule has 1 unspecified atom stereocenters. The predicted octanol–water partition coefficient (Wildman–Crippen LogP) is 3.31. The van der Waals surface area contributed by atoms with Crippen LogP contribution in [0, 0.1) is 0 Å². The van der Waals surface area contributed by atoms with E-state index in [1.54, 1.807) is 0 Å². The first-order chi connectivity index (χ1) is 14.8. The van der Waals surface area contributed by atoms with E-state index >= 15 is 0 Å². The average Bonchev–Trinajstić information content (AvgIpc) is 3.48. The van der Waals surface area contributed by atoms with Gasteiger partial charge in [0.25, 0.3) is 17.0 Å². The van der Waals surface area contributed by atoms with E-state index in [9.17, 15) is 4.79 Å². The van der Waals surface area contributed by atoms with Gasteiger partial charge in [-0.05, 0) is 17.7 Å². The van der Waals surface area contributed by atoms with Crippen molar-refractivity contribution in [1.29, 1.82) is 0 Å². The second-order valence-corrected chi connectivity index (χ2v) is 7.67. The van der Waals surface area contributed by atoms with Gasteiger partial charge in [-0.15, -0.1) is 10.2 Å². The normalized spacial score (nSPS) is 17.7. The molecule has 1 aromatic heterocycles. The van der Waals surface area contributed by atoms with Gasteiger partial charge in [-0.2, -0.15) is 5.10 Å². The molecule has 3 aromatic rings. The van der Waals surface area contributed by atoms with Crippen LogP contribution in [0.3, 0.4) is 0 Å². The number of nitrogens with zero attached hydrogens (tertiary/aromatic N) is 4. The number of carbonyl (C=O) groups is 1. The number of fused-ring (bicyclic) bond motifs is 1. The molecule has 152 valence electrons. The lowest BCUT2D eigenvalue weighted by atomic mass is 10.1. The van der Waals surface area contributed by atoms with E-state index in [1.165, 1.54) is 16.8 Å². The van der Waals surface area contributed by atoms with Gasteiger partial charge in [0.1, 0.15) is 6.61 Å². The van der Waals surface area contributed by atoms with Crippen LogP contribution in [0.25, 0.3) is 0 Å². The van der Waals surface area contributed by atoms with Gasteiger partial charge in [-0.1, -0.05) is 54.2 Å². The van der Waals surface area contributed by atoms with Crippen LogP contribution < -0.4 is 9.47 Å². The summed E-state index contributed by atoms with van der Waals surface area (Å²) in [4.78, 5) is 12.5. The monoisotopic (exact) mass is 422 g/mol. The number of aromatic nitrogens is 2. The first-order valence-corrected chi connectivity index (χ1v) is 10.5. The highest BCUT2D eigenvalue weighted by Crippen LogP contribution is 2.36. The molecule has 0 radical (unpaired) electrons. The van der Waals surface area contributed by atoms with Crippen LogP contribution in [-0.4, -0.2) is 45.7 Å². The average molecular weight is 422 g/mol. The van der Waals surface area contributed by atoms with Gasteiger partial charge in [0.05, 0.1) is 18.0 Å². The van der Waals surface area contributed by atoms with Crippen molar-refractivity contribution in [3.63, 3.8) is 0 Å². The summed E-state index contributed by atoms with van der Waals surface area (Å²) in [6, 6.07) is 17.3. The van der Waals surface area contributed by atoms with Gasteiger partial charge < -0.3 is 13.9 Å². The third kappa shape index (κ3) is 3.88. The van der Waals surface area contributed by atoms with E-state index in [2.05, 4.69) is 15.3 Å². The SMILES string of the molecule is O=C(CSc1nnc(C2COc3ccccc3O2)o1)N1CCC(c2ccccc2)=N1. The molecule has 0 saturated carbocycles. The Kier molecular flexibility index (Phi) is 5.10. The number of carbonyl (C=O) groups excluding carboxylic acids is 1. The van der Waals surface area contributed by atoms with E-state index in [1.807, 2.05) is 54.6 Å². The Morgan fingerprint density at radius 2 is 1.87 bits per heavy atom. The van der Waals surface area contributed by atoms with Crippen molar-refractivity contribution in [2.24, 2.45) is 5.10 Å². The Labute approximate surface area is 176 Å². The summed E-state index contributed by atoms with van der Waals surface area (Å²) in [5, 5.41) is 14.3. The van der Waals surface area contributed by atoms with Crippen LogP contribution in [0.15, 0.2) is 69.3 Å². The van der Waals surface area contributed by atoms with Crippen LogP contribution in [0.4, 0.5) is 0 Å². The zero-order valence-electron chi connectivity index (χ0n) is 15.9. The van der Waals surface area contributed by atoms with Crippen molar-refractivity contribution >= 4 is 23.4 Å². The standard InChI is InChI=1S/C21H18N4O4S/c26-19(25-11-10-15(24-25)14-6-2-1-3-7-14)13-30-21-23-22-20(29-21)18-12-27-16-8-4-5-9-17(16)28-18/h1-9,18H,10-13H2. The first-order valence-electron chi connectivity index (χ1n) is 9.54. The highest BCUT2D eigenvalue weighted by atomic mass is 32.2. The summed E-state index contributed by atoms with van der Waals surface area (Å²) < 4.78 is 17.2. The number of ether oxygens (including phenoxy) is 2. The minimum Gasteiger partial charge on any atom is -0.485 e. The number of amides is 1. The predicted molar refractivity (Wildman–Crippen MR) is 110 cm³/mol. The van der Waals surface area contributed by atoms with E-state index in [-0.39, 0.29) is 18.3 Å². The highest BCUT2D eigenvalue weighted by molar-refractivity contribution is 7.99.